The molecule has 0 spiro atoms. The molecule has 8 nitrogen and oxygen atoms in total. The lowest BCUT2D eigenvalue weighted by molar-refractivity contribution is 0.0979. The third-order valence-electron chi connectivity index (χ3n) is 5.98. The summed E-state index contributed by atoms with van der Waals surface area (Å²) < 4.78 is 25.9. The maximum atomic E-state index is 14.2. The molecule has 0 radical (unpaired) electrons. The number of nitrogens with one attached hydrogen (secondary N) is 1. The van der Waals surface area contributed by atoms with E-state index in [4.69, 9.17) is 9.47 Å². The number of fused-ring (bicyclic) bond motifs is 1. The Balaban J connectivity index is 1.29. The van der Waals surface area contributed by atoms with Crippen molar-refractivity contribution < 1.29 is 13.9 Å². The van der Waals surface area contributed by atoms with Gasteiger partial charge in [-0.1, -0.05) is 24.3 Å². The van der Waals surface area contributed by atoms with Crippen LogP contribution in [0.15, 0.2) is 42.5 Å². The number of pyridine rings is 1. The number of nitrogens with zero attached hydrogens (tertiary/aromatic N) is 5. The molecule has 1 N–H and O–H groups in total. The van der Waals surface area contributed by atoms with Gasteiger partial charge in [-0.2, -0.15) is 5.21 Å². The molecule has 33 heavy (non-hydrogen) atoms. The van der Waals surface area contributed by atoms with E-state index in [1.807, 2.05) is 31.2 Å². The second kappa shape index (κ2) is 9.11. The number of rotatable bonds is 6. The number of ether oxygens (including phenoxy) is 2. The summed E-state index contributed by atoms with van der Waals surface area (Å²) in [6.07, 6.45) is 1.80. The van der Waals surface area contributed by atoms with Crippen LogP contribution in [0.1, 0.15) is 24.1 Å². The molecular weight excluding hydrogens is 423 g/mol. The molecule has 2 aromatic heterocycles. The fourth-order valence-corrected chi connectivity index (χ4v) is 4.36. The van der Waals surface area contributed by atoms with Crippen LogP contribution in [0, 0.1) is 12.7 Å². The summed E-state index contributed by atoms with van der Waals surface area (Å²) in [5.41, 5.74) is 3.57. The monoisotopic (exact) mass is 448 g/mol. The summed E-state index contributed by atoms with van der Waals surface area (Å²) >= 11 is 0. The van der Waals surface area contributed by atoms with Gasteiger partial charge in [0.1, 0.15) is 28.9 Å². The van der Waals surface area contributed by atoms with Crippen LogP contribution in [0.5, 0.6) is 11.5 Å². The van der Waals surface area contributed by atoms with Gasteiger partial charge in [0, 0.05) is 48.4 Å². The van der Waals surface area contributed by atoms with Gasteiger partial charge in [-0.25, -0.2) is 9.37 Å². The molecule has 0 aliphatic carbocycles. The zero-order valence-corrected chi connectivity index (χ0v) is 18.6. The smallest absolute Gasteiger partial charge is 0.204 e. The van der Waals surface area contributed by atoms with E-state index in [1.54, 1.807) is 0 Å². The normalized spacial score (nSPS) is 15.1. The molecule has 1 fully saturated rings. The van der Waals surface area contributed by atoms with Gasteiger partial charge in [0.25, 0.3) is 0 Å². The van der Waals surface area contributed by atoms with E-state index >= 15 is 0 Å². The van der Waals surface area contributed by atoms with Crippen LogP contribution in [0.4, 0.5) is 4.39 Å². The lowest BCUT2D eigenvalue weighted by Crippen LogP contribution is -2.38. The zero-order chi connectivity index (χ0) is 22.8. The molecule has 0 unspecified atom stereocenters. The van der Waals surface area contributed by atoms with Gasteiger partial charge in [0.2, 0.25) is 5.82 Å². The molecule has 9 heteroatoms. The summed E-state index contributed by atoms with van der Waals surface area (Å²) in [5, 5.41) is 15.1. The standard InChI is InChI=1S/C24H25FN6O2/c1-15-11-21(20-12-17(25)13-22(32-2)23(20)26-15)33-18-7-9-31(10-8-18)14-16-5-3-4-6-19(16)24-27-29-30-28-24/h3-6,11-13,18H,7-10,14H2,1-2H3,(H,27,28,29,30). The van der Waals surface area contributed by atoms with E-state index in [0.29, 0.717) is 28.2 Å². The quantitative estimate of drug-likeness (QED) is 0.478. The predicted molar refractivity (Wildman–Crippen MR) is 122 cm³/mol. The lowest BCUT2D eigenvalue weighted by Gasteiger charge is -2.32. The van der Waals surface area contributed by atoms with E-state index in [0.717, 1.165) is 49.3 Å². The first kappa shape index (κ1) is 21.3. The summed E-state index contributed by atoms with van der Waals surface area (Å²) in [7, 11) is 1.52. The van der Waals surface area contributed by atoms with Gasteiger partial charge in [-0.05, 0) is 36.6 Å². The first-order valence-electron chi connectivity index (χ1n) is 11.0. The molecule has 170 valence electrons. The van der Waals surface area contributed by atoms with Gasteiger partial charge >= 0.3 is 0 Å². The largest absolute Gasteiger partial charge is 0.494 e. The maximum Gasteiger partial charge on any atom is 0.204 e. The highest BCUT2D eigenvalue weighted by Crippen LogP contribution is 2.34. The molecule has 3 heterocycles. The molecule has 1 saturated heterocycles. The average Bonchev–Trinajstić information content (AvgIpc) is 3.35. The van der Waals surface area contributed by atoms with Crippen molar-refractivity contribution in [2.24, 2.45) is 0 Å². The fourth-order valence-electron chi connectivity index (χ4n) is 4.36. The van der Waals surface area contributed by atoms with Crippen molar-refractivity contribution in [3.63, 3.8) is 0 Å². The third kappa shape index (κ3) is 4.49. The van der Waals surface area contributed by atoms with Gasteiger partial charge < -0.3 is 9.47 Å². The predicted octanol–water partition coefficient (Wildman–Crippen LogP) is 3.91. The van der Waals surface area contributed by atoms with E-state index in [1.165, 1.54) is 19.2 Å². The number of hydrogen-bond acceptors (Lipinski definition) is 7. The van der Waals surface area contributed by atoms with Crippen LogP contribution in [0.25, 0.3) is 22.3 Å². The van der Waals surface area contributed by atoms with Crippen LogP contribution in [-0.2, 0) is 6.54 Å². The number of aromatic nitrogens is 5. The van der Waals surface area contributed by atoms with Gasteiger partial charge in [0.05, 0.1) is 7.11 Å². The molecule has 0 amide bonds. The Hall–Kier alpha value is -3.59. The molecule has 4 aromatic rings. The van der Waals surface area contributed by atoms with Crippen LogP contribution in [0.3, 0.4) is 0 Å². The number of aryl methyl sites for hydroxylation is 1. The van der Waals surface area contributed by atoms with E-state index in [9.17, 15) is 4.39 Å². The van der Waals surface area contributed by atoms with Crippen LogP contribution >= 0.6 is 0 Å². The van der Waals surface area contributed by atoms with Crippen molar-refractivity contribution in [3.8, 4) is 22.9 Å². The maximum absolute atomic E-state index is 14.2. The first-order chi connectivity index (χ1) is 16.1. The highest BCUT2D eigenvalue weighted by molar-refractivity contribution is 5.90. The molecule has 2 aromatic carbocycles. The van der Waals surface area contributed by atoms with Crippen molar-refractivity contribution in [1.82, 2.24) is 30.5 Å². The highest BCUT2D eigenvalue weighted by atomic mass is 19.1. The highest BCUT2D eigenvalue weighted by Gasteiger charge is 2.23. The Labute approximate surface area is 190 Å². The Bertz CT molecular complexity index is 1260. The number of H-pyrrole nitrogens is 1. The molecule has 0 bridgehead atoms. The van der Waals surface area contributed by atoms with Crippen LogP contribution < -0.4 is 9.47 Å². The van der Waals surface area contributed by atoms with Gasteiger partial charge in [-0.15, -0.1) is 10.2 Å². The summed E-state index contributed by atoms with van der Waals surface area (Å²) in [6, 6.07) is 12.8. The topological polar surface area (TPSA) is 89.0 Å². The van der Waals surface area contributed by atoms with Crippen molar-refractivity contribution in [3.05, 3.63) is 59.5 Å². The van der Waals surface area contributed by atoms with Crippen molar-refractivity contribution in [1.29, 1.82) is 0 Å². The number of benzene rings is 2. The fraction of sp³-hybridized carbons (Fsp3) is 0.333. The molecule has 0 atom stereocenters. The Morgan fingerprint density at radius 2 is 1.94 bits per heavy atom. The number of piperidine rings is 1. The van der Waals surface area contributed by atoms with Crippen molar-refractivity contribution >= 4 is 10.9 Å². The van der Waals surface area contributed by atoms with Gasteiger partial charge in [-0.3, -0.25) is 4.90 Å². The number of hydrogen-bond donors (Lipinski definition) is 1. The van der Waals surface area contributed by atoms with Crippen molar-refractivity contribution in [2.75, 3.05) is 20.2 Å². The number of halogens is 1. The summed E-state index contributed by atoms with van der Waals surface area (Å²) in [5.74, 6) is 1.29. The second-order valence-electron chi connectivity index (χ2n) is 8.25. The average molecular weight is 449 g/mol. The number of methoxy groups -OCH3 is 1. The van der Waals surface area contributed by atoms with Crippen molar-refractivity contribution in [2.45, 2.75) is 32.4 Å². The van der Waals surface area contributed by atoms with Crippen LogP contribution in [-0.4, -0.2) is 56.8 Å². The number of tetrazole rings is 1. The Kier molecular flexibility index (Phi) is 5.87. The van der Waals surface area contributed by atoms with Gasteiger partial charge in [0.15, 0.2) is 0 Å². The van der Waals surface area contributed by atoms with Crippen LogP contribution in [0.2, 0.25) is 0 Å². The molecule has 5 rings (SSSR count). The van der Waals surface area contributed by atoms with E-state index < -0.39 is 0 Å². The minimum absolute atomic E-state index is 0.0490. The summed E-state index contributed by atoms with van der Waals surface area (Å²) in [4.78, 5) is 6.93. The Morgan fingerprint density at radius 1 is 1.12 bits per heavy atom. The lowest BCUT2D eigenvalue weighted by atomic mass is 10.0. The minimum Gasteiger partial charge on any atom is -0.494 e. The molecule has 1 aliphatic rings. The minimum atomic E-state index is -0.370. The zero-order valence-electron chi connectivity index (χ0n) is 18.6. The SMILES string of the molecule is COc1cc(F)cc2c(OC3CCN(Cc4ccccc4-c4nn[nH]n4)CC3)cc(C)nc12. The second-order valence-corrected chi connectivity index (χ2v) is 8.25. The molecule has 1 aliphatic heterocycles. The number of aromatic amines is 1. The summed E-state index contributed by atoms with van der Waals surface area (Å²) in [6.45, 7) is 4.49. The number of likely N-dealkylation sites (tertiary alicyclic amines) is 1. The molecule has 0 saturated carbocycles. The first-order valence-corrected chi connectivity index (χ1v) is 11.0. The molecular formula is C24H25FN6O2. The Morgan fingerprint density at radius 3 is 2.70 bits per heavy atom. The third-order valence-corrected chi connectivity index (χ3v) is 5.98. The van der Waals surface area contributed by atoms with E-state index in [2.05, 4.69) is 36.6 Å². The van der Waals surface area contributed by atoms with E-state index in [-0.39, 0.29) is 11.9 Å².